The predicted octanol–water partition coefficient (Wildman–Crippen LogP) is 3.51. The van der Waals surface area contributed by atoms with Crippen molar-refractivity contribution in [2.45, 2.75) is 25.8 Å². The predicted molar refractivity (Wildman–Crippen MR) is 75.6 cm³/mol. The van der Waals surface area contributed by atoms with E-state index in [0.717, 1.165) is 19.4 Å². The Bertz CT molecular complexity index is 408. The fourth-order valence-corrected chi connectivity index (χ4v) is 2.75. The molecule has 0 fully saturated rings. The zero-order chi connectivity index (χ0) is 11.9. The molecule has 1 heterocycles. The molecule has 0 radical (unpaired) electrons. The van der Waals surface area contributed by atoms with Gasteiger partial charge in [0.2, 0.25) is 0 Å². The largest absolute Gasteiger partial charge is 0.314 e. The van der Waals surface area contributed by atoms with Gasteiger partial charge in [0.1, 0.15) is 0 Å². The van der Waals surface area contributed by atoms with Crippen LogP contribution in [0.15, 0.2) is 47.8 Å². The molecule has 2 rings (SSSR count). The second-order valence-electron chi connectivity index (χ2n) is 4.37. The molecule has 0 bridgehead atoms. The van der Waals surface area contributed by atoms with E-state index in [1.54, 1.807) is 0 Å². The molecule has 1 unspecified atom stereocenters. The van der Waals surface area contributed by atoms with E-state index in [1.165, 1.54) is 10.4 Å². The molecule has 17 heavy (non-hydrogen) atoms. The summed E-state index contributed by atoms with van der Waals surface area (Å²) < 4.78 is 0. The Morgan fingerprint density at radius 3 is 2.65 bits per heavy atom. The fourth-order valence-electron chi connectivity index (χ4n) is 1.91. The molecule has 0 amide bonds. The third-order valence-electron chi connectivity index (χ3n) is 2.84. The fraction of sp³-hybridized carbons (Fsp3) is 0.333. The molecule has 2 heteroatoms. The normalized spacial score (nSPS) is 12.5. The Labute approximate surface area is 108 Å². The highest BCUT2D eigenvalue weighted by Crippen LogP contribution is 2.10. The van der Waals surface area contributed by atoms with Gasteiger partial charge in [-0.1, -0.05) is 36.4 Å². The summed E-state index contributed by atoms with van der Waals surface area (Å²) in [6.07, 6.45) is 2.24. The van der Waals surface area contributed by atoms with Crippen molar-refractivity contribution in [1.29, 1.82) is 0 Å². The zero-order valence-electron chi connectivity index (χ0n) is 10.2. The van der Waals surface area contributed by atoms with E-state index in [9.17, 15) is 0 Å². The van der Waals surface area contributed by atoms with Crippen LogP contribution < -0.4 is 5.32 Å². The molecule has 0 aliphatic heterocycles. The average molecular weight is 245 g/mol. The number of hydrogen-bond donors (Lipinski definition) is 1. The summed E-state index contributed by atoms with van der Waals surface area (Å²) in [5.74, 6) is 0. The lowest BCUT2D eigenvalue weighted by molar-refractivity contribution is 0.551. The minimum absolute atomic E-state index is 0.553. The van der Waals surface area contributed by atoms with Crippen LogP contribution in [0.4, 0.5) is 0 Å². The maximum absolute atomic E-state index is 3.58. The highest BCUT2D eigenvalue weighted by molar-refractivity contribution is 7.09. The van der Waals surface area contributed by atoms with Crippen LogP contribution >= 0.6 is 11.3 Å². The lowest BCUT2D eigenvalue weighted by Gasteiger charge is -2.12. The van der Waals surface area contributed by atoms with Crippen LogP contribution in [0.2, 0.25) is 0 Å². The van der Waals surface area contributed by atoms with Crippen LogP contribution in [0.5, 0.6) is 0 Å². The van der Waals surface area contributed by atoms with Crippen molar-refractivity contribution in [1.82, 2.24) is 5.32 Å². The first-order valence-corrected chi connectivity index (χ1v) is 7.02. The molecule has 90 valence electrons. The molecule has 0 aliphatic rings. The Hall–Kier alpha value is -1.12. The number of thiophene rings is 1. The molecule has 0 saturated heterocycles. The van der Waals surface area contributed by atoms with Crippen LogP contribution in [-0.4, -0.2) is 12.6 Å². The molecule has 1 atom stereocenters. The van der Waals surface area contributed by atoms with Crippen molar-refractivity contribution in [2.75, 3.05) is 6.54 Å². The van der Waals surface area contributed by atoms with Crippen molar-refractivity contribution in [2.24, 2.45) is 0 Å². The summed E-state index contributed by atoms with van der Waals surface area (Å²) in [7, 11) is 0. The van der Waals surface area contributed by atoms with E-state index in [-0.39, 0.29) is 0 Å². The van der Waals surface area contributed by atoms with Gasteiger partial charge < -0.3 is 5.32 Å². The lowest BCUT2D eigenvalue weighted by atomic mass is 10.1. The number of rotatable bonds is 6. The number of benzene rings is 1. The second-order valence-corrected chi connectivity index (χ2v) is 5.41. The van der Waals surface area contributed by atoms with Gasteiger partial charge in [0.15, 0.2) is 0 Å². The van der Waals surface area contributed by atoms with E-state index in [0.29, 0.717) is 6.04 Å². The van der Waals surface area contributed by atoms with Crippen LogP contribution in [0.3, 0.4) is 0 Å². The molecule has 0 spiro atoms. The number of nitrogens with one attached hydrogen (secondary N) is 1. The smallest absolute Gasteiger partial charge is 0.00871 e. The van der Waals surface area contributed by atoms with Crippen molar-refractivity contribution in [3.05, 3.63) is 58.3 Å². The summed E-state index contributed by atoms with van der Waals surface area (Å²) in [4.78, 5) is 1.46. The SMILES string of the molecule is CC(Cc1cccs1)NCCc1ccccc1. The van der Waals surface area contributed by atoms with Crippen LogP contribution in [0.25, 0.3) is 0 Å². The topological polar surface area (TPSA) is 12.0 Å². The monoisotopic (exact) mass is 245 g/mol. The molecule has 1 nitrogen and oxygen atoms in total. The Kier molecular flexibility index (Phi) is 4.77. The summed E-state index contributed by atoms with van der Waals surface area (Å²) in [5.41, 5.74) is 1.41. The first kappa shape index (κ1) is 12.3. The molecule has 1 aromatic heterocycles. The third-order valence-corrected chi connectivity index (χ3v) is 3.74. The van der Waals surface area contributed by atoms with Crippen molar-refractivity contribution in [3.8, 4) is 0 Å². The van der Waals surface area contributed by atoms with Gasteiger partial charge in [0.25, 0.3) is 0 Å². The first-order valence-electron chi connectivity index (χ1n) is 6.14. The second kappa shape index (κ2) is 6.58. The highest BCUT2D eigenvalue weighted by Gasteiger charge is 2.03. The summed E-state index contributed by atoms with van der Waals surface area (Å²) in [5, 5.41) is 5.72. The molecule has 0 aliphatic carbocycles. The summed E-state index contributed by atoms with van der Waals surface area (Å²) in [6.45, 7) is 3.31. The van der Waals surface area contributed by atoms with Gasteiger partial charge in [0, 0.05) is 10.9 Å². The quantitative estimate of drug-likeness (QED) is 0.821. The molecule has 2 aromatic rings. The van der Waals surface area contributed by atoms with Crippen molar-refractivity contribution < 1.29 is 0 Å². The maximum Gasteiger partial charge on any atom is 0.00871 e. The standard InChI is InChI=1S/C15H19NS/c1-13(12-15-8-5-11-17-15)16-10-9-14-6-3-2-4-7-14/h2-8,11,13,16H,9-10,12H2,1H3. The average Bonchev–Trinajstić information content (AvgIpc) is 2.83. The minimum atomic E-state index is 0.553. The molecular weight excluding hydrogens is 226 g/mol. The molecular formula is C15H19NS. The van der Waals surface area contributed by atoms with Crippen LogP contribution in [-0.2, 0) is 12.8 Å². The first-order chi connectivity index (χ1) is 8.34. The lowest BCUT2D eigenvalue weighted by Crippen LogP contribution is -2.29. The zero-order valence-corrected chi connectivity index (χ0v) is 11.0. The van der Waals surface area contributed by atoms with E-state index < -0.39 is 0 Å². The third kappa shape index (κ3) is 4.33. The van der Waals surface area contributed by atoms with Crippen LogP contribution in [0, 0.1) is 0 Å². The van der Waals surface area contributed by atoms with Crippen LogP contribution in [0.1, 0.15) is 17.4 Å². The Balaban J connectivity index is 1.68. The van der Waals surface area contributed by atoms with Gasteiger partial charge in [-0.25, -0.2) is 0 Å². The molecule has 1 aromatic carbocycles. The van der Waals surface area contributed by atoms with E-state index >= 15 is 0 Å². The van der Waals surface area contributed by atoms with Gasteiger partial charge in [0.05, 0.1) is 0 Å². The minimum Gasteiger partial charge on any atom is -0.314 e. The van der Waals surface area contributed by atoms with Gasteiger partial charge in [-0.15, -0.1) is 11.3 Å². The van der Waals surface area contributed by atoms with E-state index in [4.69, 9.17) is 0 Å². The Morgan fingerprint density at radius 1 is 1.12 bits per heavy atom. The van der Waals surface area contributed by atoms with Crippen molar-refractivity contribution >= 4 is 11.3 Å². The summed E-state index contributed by atoms with van der Waals surface area (Å²) in [6, 6.07) is 15.5. The van der Waals surface area contributed by atoms with Gasteiger partial charge in [-0.3, -0.25) is 0 Å². The van der Waals surface area contributed by atoms with Gasteiger partial charge in [-0.05, 0) is 43.3 Å². The van der Waals surface area contributed by atoms with Gasteiger partial charge in [-0.2, -0.15) is 0 Å². The Morgan fingerprint density at radius 2 is 1.94 bits per heavy atom. The van der Waals surface area contributed by atoms with Gasteiger partial charge >= 0.3 is 0 Å². The van der Waals surface area contributed by atoms with E-state index in [2.05, 4.69) is 60.1 Å². The van der Waals surface area contributed by atoms with Crippen molar-refractivity contribution in [3.63, 3.8) is 0 Å². The maximum atomic E-state index is 3.58. The summed E-state index contributed by atoms with van der Waals surface area (Å²) >= 11 is 1.84. The number of hydrogen-bond acceptors (Lipinski definition) is 2. The molecule has 1 N–H and O–H groups in total. The van der Waals surface area contributed by atoms with E-state index in [1.807, 2.05) is 11.3 Å². The highest BCUT2D eigenvalue weighted by atomic mass is 32.1. The molecule has 0 saturated carbocycles.